The molecule has 106 valence electrons. The summed E-state index contributed by atoms with van der Waals surface area (Å²) >= 11 is 0. The maximum Gasteiger partial charge on any atom is 0.237 e. The summed E-state index contributed by atoms with van der Waals surface area (Å²) in [6.45, 7) is 12.3. The zero-order valence-corrected chi connectivity index (χ0v) is 12.3. The molecule has 1 fully saturated rings. The van der Waals surface area contributed by atoms with Gasteiger partial charge in [-0.15, -0.1) is 0 Å². The van der Waals surface area contributed by atoms with Crippen molar-refractivity contribution in [3.05, 3.63) is 0 Å². The Morgan fingerprint density at radius 2 is 1.94 bits per heavy atom. The minimum Gasteiger partial charge on any atom is -0.355 e. The molecule has 1 rings (SSSR count). The van der Waals surface area contributed by atoms with Crippen molar-refractivity contribution in [1.82, 2.24) is 15.5 Å². The zero-order chi connectivity index (χ0) is 13.5. The van der Waals surface area contributed by atoms with Crippen molar-refractivity contribution in [2.75, 3.05) is 26.2 Å². The van der Waals surface area contributed by atoms with Crippen LogP contribution in [0.5, 0.6) is 0 Å². The standard InChI is InChI=1S/C14H29N3O/c1-5-16-14(18)12(4)17(11(2)3)10-13-6-8-15-9-7-13/h11-13,15H,5-10H2,1-4H3,(H,16,18). The van der Waals surface area contributed by atoms with Gasteiger partial charge in [-0.25, -0.2) is 0 Å². The molecule has 2 N–H and O–H groups in total. The second kappa shape index (κ2) is 7.74. The Hall–Kier alpha value is -0.610. The topological polar surface area (TPSA) is 44.4 Å². The zero-order valence-electron chi connectivity index (χ0n) is 12.3. The summed E-state index contributed by atoms with van der Waals surface area (Å²) in [5.41, 5.74) is 0. The minimum absolute atomic E-state index is 0.0279. The molecule has 0 saturated carbocycles. The van der Waals surface area contributed by atoms with Crippen LogP contribution in [0.2, 0.25) is 0 Å². The fourth-order valence-corrected chi connectivity index (χ4v) is 2.65. The van der Waals surface area contributed by atoms with Crippen LogP contribution in [0.3, 0.4) is 0 Å². The lowest BCUT2D eigenvalue weighted by molar-refractivity contribution is -0.126. The van der Waals surface area contributed by atoms with E-state index < -0.39 is 0 Å². The molecule has 1 saturated heterocycles. The number of nitrogens with zero attached hydrogens (tertiary/aromatic N) is 1. The molecule has 0 aromatic rings. The van der Waals surface area contributed by atoms with Gasteiger partial charge < -0.3 is 10.6 Å². The molecule has 18 heavy (non-hydrogen) atoms. The monoisotopic (exact) mass is 255 g/mol. The van der Waals surface area contributed by atoms with Crippen LogP contribution in [-0.2, 0) is 4.79 Å². The Balaban J connectivity index is 2.55. The van der Waals surface area contributed by atoms with E-state index in [1.807, 2.05) is 13.8 Å². The molecule has 1 atom stereocenters. The highest BCUT2D eigenvalue weighted by molar-refractivity contribution is 5.81. The summed E-state index contributed by atoms with van der Waals surface area (Å²) < 4.78 is 0. The molecule has 0 aliphatic carbocycles. The Morgan fingerprint density at radius 3 is 2.44 bits per heavy atom. The summed E-state index contributed by atoms with van der Waals surface area (Å²) in [4.78, 5) is 14.3. The minimum atomic E-state index is -0.0279. The number of likely N-dealkylation sites (N-methyl/N-ethyl adjacent to an activating group) is 1. The van der Waals surface area contributed by atoms with Crippen LogP contribution in [0, 0.1) is 5.92 Å². The van der Waals surface area contributed by atoms with Gasteiger partial charge in [0, 0.05) is 19.1 Å². The van der Waals surface area contributed by atoms with Gasteiger partial charge in [0.05, 0.1) is 6.04 Å². The van der Waals surface area contributed by atoms with E-state index in [9.17, 15) is 4.79 Å². The summed E-state index contributed by atoms with van der Waals surface area (Å²) in [6, 6.07) is 0.386. The summed E-state index contributed by atoms with van der Waals surface area (Å²) in [5.74, 6) is 0.880. The third kappa shape index (κ3) is 4.58. The van der Waals surface area contributed by atoms with Crippen molar-refractivity contribution < 1.29 is 4.79 Å². The Bertz CT molecular complexity index is 249. The van der Waals surface area contributed by atoms with Gasteiger partial charge in [0.25, 0.3) is 0 Å². The van der Waals surface area contributed by atoms with E-state index in [-0.39, 0.29) is 11.9 Å². The third-order valence-electron chi connectivity index (χ3n) is 3.82. The normalized spacial score (nSPS) is 19.2. The first kappa shape index (κ1) is 15.4. The van der Waals surface area contributed by atoms with E-state index in [4.69, 9.17) is 0 Å². The van der Waals surface area contributed by atoms with Crippen LogP contribution in [-0.4, -0.2) is 49.1 Å². The first-order valence-electron chi connectivity index (χ1n) is 7.30. The highest BCUT2D eigenvalue weighted by Gasteiger charge is 2.26. The molecule has 1 unspecified atom stereocenters. The molecular formula is C14H29N3O. The van der Waals surface area contributed by atoms with Crippen LogP contribution in [0.25, 0.3) is 0 Å². The molecular weight excluding hydrogens is 226 g/mol. The van der Waals surface area contributed by atoms with E-state index in [1.54, 1.807) is 0 Å². The highest BCUT2D eigenvalue weighted by Crippen LogP contribution is 2.17. The number of hydrogen-bond acceptors (Lipinski definition) is 3. The summed E-state index contributed by atoms with van der Waals surface area (Å²) in [5, 5.41) is 6.32. The number of nitrogens with one attached hydrogen (secondary N) is 2. The van der Waals surface area contributed by atoms with Gasteiger partial charge in [0.2, 0.25) is 5.91 Å². The predicted molar refractivity (Wildman–Crippen MR) is 75.6 cm³/mol. The molecule has 1 aliphatic rings. The first-order valence-corrected chi connectivity index (χ1v) is 7.30. The van der Waals surface area contributed by atoms with E-state index >= 15 is 0 Å². The molecule has 0 radical (unpaired) electrons. The molecule has 4 heteroatoms. The maximum absolute atomic E-state index is 12.0. The Labute approximate surface area is 111 Å². The average molecular weight is 255 g/mol. The van der Waals surface area contributed by atoms with E-state index in [1.165, 1.54) is 12.8 Å². The van der Waals surface area contributed by atoms with Gasteiger partial charge in [-0.05, 0) is 59.5 Å². The molecule has 1 amide bonds. The van der Waals surface area contributed by atoms with Crippen molar-refractivity contribution in [3.8, 4) is 0 Å². The third-order valence-corrected chi connectivity index (χ3v) is 3.82. The lowest BCUT2D eigenvalue weighted by Crippen LogP contribution is -2.50. The van der Waals surface area contributed by atoms with Gasteiger partial charge in [0.1, 0.15) is 0 Å². The summed E-state index contributed by atoms with van der Waals surface area (Å²) in [7, 11) is 0. The molecule has 1 aliphatic heterocycles. The van der Waals surface area contributed by atoms with Gasteiger partial charge in [0.15, 0.2) is 0 Å². The Morgan fingerprint density at radius 1 is 1.33 bits per heavy atom. The van der Waals surface area contributed by atoms with Crippen molar-refractivity contribution in [2.24, 2.45) is 5.92 Å². The van der Waals surface area contributed by atoms with Crippen molar-refractivity contribution in [3.63, 3.8) is 0 Å². The lowest BCUT2D eigenvalue weighted by atomic mass is 9.96. The highest BCUT2D eigenvalue weighted by atomic mass is 16.2. The molecule has 4 nitrogen and oxygen atoms in total. The van der Waals surface area contributed by atoms with Crippen molar-refractivity contribution in [2.45, 2.75) is 52.6 Å². The molecule has 1 heterocycles. The summed E-state index contributed by atoms with van der Waals surface area (Å²) in [6.07, 6.45) is 2.46. The fourth-order valence-electron chi connectivity index (χ4n) is 2.65. The fraction of sp³-hybridized carbons (Fsp3) is 0.929. The number of amides is 1. The molecule has 0 aromatic heterocycles. The van der Waals surface area contributed by atoms with E-state index in [0.29, 0.717) is 12.6 Å². The average Bonchev–Trinajstić information content (AvgIpc) is 2.36. The van der Waals surface area contributed by atoms with Crippen LogP contribution in [0.15, 0.2) is 0 Å². The molecule has 0 bridgehead atoms. The molecule has 0 spiro atoms. The SMILES string of the molecule is CCNC(=O)C(C)N(CC1CCNCC1)C(C)C. The second-order valence-electron chi connectivity index (χ2n) is 5.55. The number of rotatable bonds is 6. The Kier molecular flexibility index (Phi) is 6.65. The van der Waals surface area contributed by atoms with Crippen molar-refractivity contribution >= 4 is 5.91 Å². The van der Waals surface area contributed by atoms with E-state index in [0.717, 1.165) is 25.6 Å². The second-order valence-corrected chi connectivity index (χ2v) is 5.55. The van der Waals surface area contributed by atoms with Crippen LogP contribution >= 0.6 is 0 Å². The molecule has 0 aromatic carbocycles. The first-order chi connectivity index (χ1) is 8.56. The van der Waals surface area contributed by atoms with Crippen molar-refractivity contribution in [1.29, 1.82) is 0 Å². The smallest absolute Gasteiger partial charge is 0.237 e. The number of carbonyl (C=O) groups excluding carboxylic acids is 1. The lowest BCUT2D eigenvalue weighted by Gasteiger charge is -2.36. The van der Waals surface area contributed by atoms with Crippen LogP contribution in [0.4, 0.5) is 0 Å². The quantitative estimate of drug-likeness (QED) is 0.750. The number of hydrogen-bond donors (Lipinski definition) is 2. The van der Waals surface area contributed by atoms with Gasteiger partial charge >= 0.3 is 0 Å². The van der Waals surface area contributed by atoms with E-state index in [2.05, 4.69) is 29.4 Å². The van der Waals surface area contributed by atoms with Gasteiger partial charge in [-0.1, -0.05) is 0 Å². The number of piperidine rings is 1. The number of carbonyl (C=O) groups is 1. The van der Waals surface area contributed by atoms with Crippen LogP contribution < -0.4 is 10.6 Å². The van der Waals surface area contributed by atoms with Crippen LogP contribution in [0.1, 0.15) is 40.5 Å². The predicted octanol–water partition coefficient (Wildman–Crippen LogP) is 1.22. The van der Waals surface area contributed by atoms with Gasteiger partial charge in [-0.3, -0.25) is 9.69 Å². The maximum atomic E-state index is 12.0. The van der Waals surface area contributed by atoms with Gasteiger partial charge in [-0.2, -0.15) is 0 Å². The largest absolute Gasteiger partial charge is 0.355 e.